The number of carbonyl (C=O) groups excluding carboxylic acids is 1. The SMILES string of the molecule is CC(C)Oc1ccc(NC(=O)c2ccc(Br)s2)cc1. The van der Waals surface area contributed by atoms with Crippen LogP contribution in [0.5, 0.6) is 5.75 Å². The Bertz CT molecular complexity index is 563. The van der Waals surface area contributed by atoms with Crippen LogP contribution in [0, 0.1) is 0 Å². The van der Waals surface area contributed by atoms with Gasteiger partial charge in [0.2, 0.25) is 0 Å². The number of nitrogens with one attached hydrogen (secondary N) is 1. The van der Waals surface area contributed by atoms with Gasteiger partial charge >= 0.3 is 0 Å². The maximum Gasteiger partial charge on any atom is 0.265 e. The standard InChI is InChI=1S/C14H14BrNO2S/c1-9(2)18-11-5-3-10(4-6-11)16-14(17)12-7-8-13(15)19-12/h3-9H,1-2H3,(H,16,17). The molecule has 3 nitrogen and oxygen atoms in total. The fraction of sp³-hybridized carbons (Fsp3) is 0.214. The van der Waals surface area contributed by atoms with Crippen molar-refractivity contribution in [1.82, 2.24) is 0 Å². The molecule has 100 valence electrons. The highest BCUT2D eigenvalue weighted by molar-refractivity contribution is 9.11. The molecule has 2 rings (SSSR count). The number of hydrogen-bond donors (Lipinski definition) is 1. The maximum absolute atomic E-state index is 11.9. The molecule has 5 heteroatoms. The van der Waals surface area contributed by atoms with E-state index in [2.05, 4.69) is 21.2 Å². The van der Waals surface area contributed by atoms with Crippen molar-refractivity contribution in [1.29, 1.82) is 0 Å². The van der Waals surface area contributed by atoms with Gasteiger partial charge in [-0.3, -0.25) is 4.79 Å². The number of carbonyl (C=O) groups is 1. The van der Waals surface area contributed by atoms with Crippen LogP contribution in [0.3, 0.4) is 0 Å². The number of ether oxygens (including phenoxy) is 1. The number of benzene rings is 1. The number of rotatable bonds is 4. The van der Waals surface area contributed by atoms with Gasteiger partial charge < -0.3 is 10.1 Å². The second-order valence-corrected chi connectivity index (χ2v) is 6.71. The van der Waals surface area contributed by atoms with Gasteiger partial charge in [-0.05, 0) is 66.2 Å². The predicted molar refractivity (Wildman–Crippen MR) is 82.2 cm³/mol. The maximum atomic E-state index is 11.9. The molecule has 1 amide bonds. The molecule has 1 aromatic carbocycles. The zero-order valence-electron chi connectivity index (χ0n) is 10.6. The third kappa shape index (κ3) is 4.08. The molecular formula is C14H14BrNO2S. The first-order valence-electron chi connectivity index (χ1n) is 5.88. The van der Waals surface area contributed by atoms with Gasteiger partial charge in [0.05, 0.1) is 14.8 Å². The van der Waals surface area contributed by atoms with Crippen molar-refractivity contribution in [2.75, 3.05) is 5.32 Å². The van der Waals surface area contributed by atoms with E-state index in [1.54, 1.807) is 6.07 Å². The Balaban J connectivity index is 2.01. The van der Waals surface area contributed by atoms with E-state index < -0.39 is 0 Å². The minimum Gasteiger partial charge on any atom is -0.491 e. The predicted octanol–water partition coefficient (Wildman–Crippen LogP) is 4.55. The summed E-state index contributed by atoms with van der Waals surface area (Å²) in [6.45, 7) is 3.95. The Labute approximate surface area is 124 Å². The molecule has 2 aromatic rings. The molecule has 0 radical (unpaired) electrons. The van der Waals surface area contributed by atoms with Crippen LogP contribution in [0.2, 0.25) is 0 Å². The number of halogens is 1. The van der Waals surface area contributed by atoms with Crippen molar-refractivity contribution in [3.05, 3.63) is 45.1 Å². The molecule has 1 aromatic heterocycles. The summed E-state index contributed by atoms with van der Waals surface area (Å²) in [5, 5.41) is 2.85. The molecule has 19 heavy (non-hydrogen) atoms. The summed E-state index contributed by atoms with van der Waals surface area (Å²) < 4.78 is 6.49. The van der Waals surface area contributed by atoms with E-state index in [-0.39, 0.29) is 12.0 Å². The fourth-order valence-corrected chi connectivity index (χ4v) is 2.80. The van der Waals surface area contributed by atoms with Crippen molar-refractivity contribution < 1.29 is 9.53 Å². The van der Waals surface area contributed by atoms with Crippen LogP contribution < -0.4 is 10.1 Å². The van der Waals surface area contributed by atoms with Crippen LogP contribution in [0.15, 0.2) is 40.2 Å². The van der Waals surface area contributed by atoms with Crippen molar-refractivity contribution >= 4 is 38.9 Å². The molecule has 0 unspecified atom stereocenters. The first-order valence-corrected chi connectivity index (χ1v) is 7.49. The third-order valence-corrected chi connectivity index (χ3v) is 3.90. The minimum atomic E-state index is -0.103. The summed E-state index contributed by atoms with van der Waals surface area (Å²) in [6.07, 6.45) is 0.143. The highest BCUT2D eigenvalue weighted by Crippen LogP contribution is 2.23. The average Bonchev–Trinajstić information content (AvgIpc) is 2.78. The third-order valence-electron chi connectivity index (χ3n) is 2.28. The van der Waals surface area contributed by atoms with Crippen LogP contribution in [0.25, 0.3) is 0 Å². The highest BCUT2D eigenvalue weighted by atomic mass is 79.9. The van der Waals surface area contributed by atoms with Gasteiger partial charge in [0.1, 0.15) is 5.75 Å². The second kappa shape index (κ2) is 6.21. The van der Waals surface area contributed by atoms with Crippen LogP contribution in [0.4, 0.5) is 5.69 Å². The lowest BCUT2D eigenvalue weighted by molar-refractivity contribution is 0.103. The van der Waals surface area contributed by atoms with Gasteiger partial charge in [-0.25, -0.2) is 0 Å². The Kier molecular flexibility index (Phi) is 4.61. The Morgan fingerprint density at radius 2 is 1.89 bits per heavy atom. The van der Waals surface area contributed by atoms with Crippen molar-refractivity contribution in [2.45, 2.75) is 20.0 Å². The summed E-state index contributed by atoms with van der Waals surface area (Å²) in [4.78, 5) is 12.6. The van der Waals surface area contributed by atoms with E-state index in [0.29, 0.717) is 4.88 Å². The van der Waals surface area contributed by atoms with Crippen LogP contribution in [-0.2, 0) is 0 Å². The normalized spacial score (nSPS) is 10.5. The quantitative estimate of drug-likeness (QED) is 0.887. The molecule has 0 fully saturated rings. The Morgan fingerprint density at radius 3 is 2.42 bits per heavy atom. The smallest absolute Gasteiger partial charge is 0.265 e. The van der Waals surface area contributed by atoms with E-state index in [1.807, 2.05) is 44.2 Å². The largest absolute Gasteiger partial charge is 0.491 e. The molecule has 0 aliphatic heterocycles. The number of thiophene rings is 1. The summed E-state index contributed by atoms with van der Waals surface area (Å²) in [5.74, 6) is 0.695. The topological polar surface area (TPSA) is 38.3 Å². The minimum absolute atomic E-state index is 0.103. The lowest BCUT2D eigenvalue weighted by Crippen LogP contribution is -2.10. The zero-order valence-corrected chi connectivity index (χ0v) is 13.0. The molecular weight excluding hydrogens is 326 g/mol. The molecule has 0 bridgehead atoms. The van der Waals surface area contributed by atoms with Crippen molar-refractivity contribution in [2.24, 2.45) is 0 Å². The van der Waals surface area contributed by atoms with Gasteiger partial charge in [-0.15, -0.1) is 11.3 Å². The van der Waals surface area contributed by atoms with Crippen molar-refractivity contribution in [3.63, 3.8) is 0 Å². The average molecular weight is 340 g/mol. The lowest BCUT2D eigenvalue weighted by atomic mass is 10.3. The zero-order chi connectivity index (χ0) is 13.8. The van der Waals surface area contributed by atoms with Gasteiger partial charge in [0.15, 0.2) is 0 Å². The molecule has 1 N–H and O–H groups in total. The van der Waals surface area contributed by atoms with E-state index in [9.17, 15) is 4.79 Å². The van der Waals surface area contributed by atoms with Gasteiger partial charge in [-0.1, -0.05) is 0 Å². The molecule has 1 heterocycles. The van der Waals surface area contributed by atoms with Crippen LogP contribution >= 0.6 is 27.3 Å². The molecule has 0 spiro atoms. The first kappa shape index (κ1) is 14.1. The first-order chi connectivity index (χ1) is 9.04. The van der Waals surface area contributed by atoms with Gasteiger partial charge in [-0.2, -0.15) is 0 Å². The van der Waals surface area contributed by atoms with Crippen molar-refractivity contribution in [3.8, 4) is 5.75 Å². The number of anilines is 1. The monoisotopic (exact) mass is 339 g/mol. The number of amides is 1. The van der Waals surface area contributed by atoms with Gasteiger partial charge in [0, 0.05) is 5.69 Å². The molecule has 0 atom stereocenters. The van der Waals surface area contributed by atoms with E-state index in [4.69, 9.17) is 4.74 Å². The molecule has 0 aliphatic rings. The summed E-state index contributed by atoms with van der Waals surface area (Å²) in [5.41, 5.74) is 0.755. The number of hydrogen-bond acceptors (Lipinski definition) is 3. The summed E-state index contributed by atoms with van der Waals surface area (Å²) in [7, 11) is 0. The summed E-state index contributed by atoms with van der Waals surface area (Å²) in [6, 6.07) is 11.0. The molecule has 0 saturated carbocycles. The highest BCUT2D eigenvalue weighted by Gasteiger charge is 2.08. The second-order valence-electron chi connectivity index (χ2n) is 4.25. The lowest BCUT2D eigenvalue weighted by Gasteiger charge is -2.10. The Hall–Kier alpha value is -1.33. The fourth-order valence-electron chi connectivity index (χ4n) is 1.52. The molecule has 0 aliphatic carbocycles. The Morgan fingerprint density at radius 1 is 1.21 bits per heavy atom. The van der Waals surface area contributed by atoms with Crippen LogP contribution in [0.1, 0.15) is 23.5 Å². The van der Waals surface area contributed by atoms with Gasteiger partial charge in [0.25, 0.3) is 5.91 Å². The molecule has 0 saturated heterocycles. The van der Waals surface area contributed by atoms with E-state index >= 15 is 0 Å². The van der Waals surface area contributed by atoms with E-state index in [0.717, 1.165) is 15.2 Å². The summed E-state index contributed by atoms with van der Waals surface area (Å²) >= 11 is 4.75. The van der Waals surface area contributed by atoms with E-state index in [1.165, 1.54) is 11.3 Å². The van der Waals surface area contributed by atoms with Crippen LogP contribution in [-0.4, -0.2) is 12.0 Å².